The Kier molecular flexibility index (Phi) is 4.27. The molecule has 3 heteroatoms. The molecule has 1 aliphatic heterocycles. The molecule has 0 N–H and O–H groups in total. The Hall–Kier alpha value is -0.760. The molecular weight excluding hydrogens is 237 g/mol. The number of nitrogens with zero attached hydrogens (tertiary/aromatic N) is 1. The molecule has 1 fully saturated rings. The fraction of sp³-hybridized carbons (Fsp3) is 0.571. The molecule has 94 valence electrons. The monoisotopic (exact) mass is 255 g/mol. The first-order chi connectivity index (χ1) is 8.20. The number of hydrogen-bond acceptors (Lipinski definition) is 1. The van der Waals surface area contributed by atoms with Crippen molar-refractivity contribution in [3.05, 3.63) is 29.6 Å². The van der Waals surface area contributed by atoms with Crippen molar-refractivity contribution in [2.75, 3.05) is 11.4 Å². The van der Waals surface area contributed by atoms with E-state index in [1.165, 1.54) is 31.7 Å². The highest BCUT2D eigenvalue weighted by atomic mass is 35.5. The van der Waals surface area contributed by atoms with Crippen LogP contribution in [0, 0.1) is 5.82 Å². The van der Waals surface area contributed by atoms with Crippen molar-refractivity contribution in [3.63, 3.8) is 0 Å². The van der Waals surface area contributed by atoms with Gasteiger partial charge in [-0.2, -0.15) is 0 Å². The molecule has 2 rings (SSSR count). The molecule has 0 amide bonds. The van der Waals surface area contributed by atoms with Crippen LogP contribution in [0.15, 0.2) is 18.2 Å². The molecule has 0 aliphatic carbocycles. The minimum atomic E-state index is -0.186. The molecule has 1 atom stereocenters. The van der Waals surface area contributed by atoms with Crippen molar-refractivity contribution < 1.29 is 4.39 Å². The van der Waals surface area contributed by atoms with Gasteiger partial charge in [0.25, 0.3) is 0 Å². The summed E-state index contributed by atoms with van der Waals surface area (Å²) >= 11 is 5.79. The Labute approximate surface area is 108 Å². The van der Waals surface area contributed by atoms with Gasteiger partial charge in [-0.3, -0.25) is 0 Å². The molecule has 17 heavy (non-hydrogen) atoms. The summed E-state index contributed by atoms with van der Waals surface area (Å²) < 4.78 is 13.5. The summed E-state index contributed by atoms with van der Waals surface area (Å²) in [6.07, 6.45) is 4.93. The number of anilines is 1. The van der Waals surface area contributed by atoms with Crippen molar-refractivity contribution in [1.82, 2.24) is 0 Å². The Balaban J connectivity index is 2.27. The van der Waals surface area contributed by atoms with Crippen LogP contribution in [0.3, 0.4) is 0 Å². The van der Waals surface area contributed by atoms with Crippen molar-refractivity contribution in [1.29, 1.82) is 0 Å². The molecule has 0 bridgehead atoms. The summed E-state index contributed by atoms with van der Waals surface area (Å²) in [6, 6.07) is 5.64. The maximum atomic E-state index is 13.5. The smallest absolute Gasteiger partial charge is 0.125 e. The fourth-order valence-corrected chi connectivity index (χ4v) is 2.69. The van der Waals surface area contributed by atoms with Gasteiger partial charge in [0.2, 0.25) is 0 Å². The minimum absolute atomic E-state index is 0.186. The lowest BCUT2D eigenvalue weighted by atomic mass is 10.1. The Bertz CT molecular complexity index is 380. The topological polar surface area (TPSA) is 3.24 Å². The van der Waals surface area contributed by atoms with Crippen LogP contribution >= 0.6 is 11.6 Å². The van der Waals surface area contributed by atoms with Gasteiger partial charge >= 0.3 is 0 Å². The molecule has 1 unspecified atom stereocenters. The molecule has 1 aromatic rings. The second kappa shape index (κ2) is 5.72. The summed E-state index contributed by atoms with van der Waals surface area (Å²) in [4.78, 5) is 2.31. The van der Waals surface area contributed by atoms with Crippen LogP contribution in [0.25, 0.3) is 0 Å². The molecule has 1 saturated heterocycles. The van der Waals surface area contributed by atoms with E-state index in [4.69, 9.17) is 11.6 Å². The predicted molar refractivity (Wildman–Crippen MR) is 71.2 cm³/mol. The lowest BCUT2D eigenvalue weighted by molar-refractivity contribution is 0.605. The minimum Gasteiger partial charge on any atom is -0.369 e. The van der Waals surface area contributed by atoms with E-state index < -0.39 is 0 Å². The van der Waals surface area contributed by atoms with Crippen LogP contribution in [-0.4, -0.2) is 12.6 Å². The Morgan fingerprint density at radius 1 is 1.29 bits per heavy atom. The summed E-state index contributed by atoms with van der Waals surface area (Å²) in [6.45, 7) is 3.24. The molecule has 1 heterocycles. The van der Waals surface area contributed by atoms with E-state index in [-0.39, 0.29) is 5.82 Å². The molecular formula is C14H19ClFN. The quantitative estimate of drug-likeness (QED) is 0.711. The second-order valence-electron chi connectivity index (χ2n) is 4.84. The van der Waals surface area contributed by atoms with Crippen molar-refractivity contribution in [2.45, 2.75) is 44.5 Å². The summed E-state index contributed by atoms with van der Waals surface area (Å²) in [5.41, 5.74) is 1.84. The van der Waals surface area contributed by atoms with Gasteiger partial charge in [-0.1, -0.05) is 12.8 Å². The second-order valence-corrected chi connectivity index (χ2v) is 5.11. The highest BCUT2D eigenvalue weighted by Crippen LogP contribution is 2.26. The van der Waals surface area contributed by atoms with Crippen molar-refractivity contribution in [2.24, 2.45) is 0 Å². The molecule has 1 aromatic carbocycles. The largest absolute Gasteiger partial charge is 0.369 e. The highest BCUT2D eigenvalue weighted by Gasteiger charge is 2.18. The summed E-state index contributed by atoms with van der Waals surface area (Å²) in [5.74, 6) is 0.182. The molecule has 1 aliphatic rings. The number of rotatable bonds is 2. The number of benzene rings is 1. The maximum absolute atomic E-state index is 13.5. The lowest BCUT2D eigenvalue weighted by Crippen LogP contribution is -2.32. The van der Waals surface area contributed by atoms with E-state index in [9.17, 15) is 4.39 Å². The van der Waals surface area contributed by atoms with Gasteiger partial charge in [0.1, 0.15) is 5.82 Å². The van der Waals surface area contributed by atoms with E-state index in [1.807, 2.05) is 6.07 Å². The molecule has 1 nitrogen and oxygen atoms in total. The van der Waals surface area contributed by atoms with Crippen LogP contribution in [0.4, 0.5) is 10.1 Å². The standard InChI is InChI=1S/C14H19ClFN/c1-11-5-3-2-4-6-17(11)14-8-12(10-15)7-13(16)9-14/h7-9,11H,2-6,10H2,1H3. The third kappa shape index (κ3) is 3.12. The van der Waals surface area contributed by atoms with Gasteiger partial charge in [-0.15, -0.1) is 11.6 Å². The third-order valence-electron chi connectivity index (χ3n) is 3.48. The zero-order valence-corrected chi connectivity index (χ0v) is 11.0. The highest BCUT2D eigenvalue weighted by molar-refractivity contribution is 6.17. The molecule has 0 saturated carbocycles. The van der Waals surface area contributed by atoms with Crippen LogP contribution in [0.2, 0.25) is 0 Å². The van der Waals surface area contributed by atoms with E-state index in [1.54, 1.807) is 6.07 Å². The molecule has 0 aromatic heterocycles. The molecule has 0 radical (unpaired) electrons. The van der Waals surface area contributed by atoms with Crippen LogP contribution in [-0.2, 0) is 5.88 Å². The zero-order valence-electron chi connectivity index (χ0n) is 10.3. The summed E-state index contributed by atoms with van der Waals surface area (Å²) in [5, 5.41) is 0. The van der Waals surface area contributed by atoms with E-state index in [2.05, 4.69) is 11.8 Å². The van der Waals surface area contributed by atoms with Gasteiger partial charge in [0.15, 0.2) is 0 Å². The van der Waals surface area contributed by atoms with Gasteiger partial charge in [-0.05, 0) is 43.5 Å². The van der Waals surface area contributed by atoms with E-state index in [0.717, 1.165) is 17.8 Å². The normalized spacial score (nSPS) is 21.4. The van der Waals surface area contributed by atoms with Crippen molar-refractivity contribution >= 4 is 17.3 Å². The number of halogens is 2. The van der Waals surface area contributed by atoms with Crippen LogP contribution in [0.5, 0.6) is 0 Å². The first kappa shape index (κ1) is 12.7. The number of alkyl halides is 1. The number of hydrogen-bond donors (Lipinski definition) is 0. The maximum Gasteiger partial charge on any atom is 0.125 e. The fourth-order valence-electron chi connectivity index (χ4n) is 2.53. The average Bonchev–Trinajstić information content (AvgIpc) is 2.53. The SMILES string of the molecule is CC1CCCCCN1c1cc(F)cc(CCl)c1. The van der Waals surface area contributed by atoms with Gasteiger partial charge in [0.05, 0.1) is 0 Å². The summed E-state index contributed by atoms with van der Waals surface area (Å²) in [7, 11) is 0. The van der Waals surface area contributed by atoms with Crippen molar-refractivity contribution in [3.8, 4) is 0 Å². The first-order valence-corrected chi connectivity index (χ1v) is 6.86. The third-order valence-corrected chi connectivity index (χ3v) is 3.79. The Morgan fingerprint density at radius 3 is 2.88 bits per heavy atom. The van der Waals surface area contributed by atoms with Gasteiger partial charge in [-0.25, -0.2) is 4.39 Å². The van der Waals surface area contributed by atoms with Crippen LogP contribution < -0.4 is 4.90 Å². The van der Waals surface area contributed by atoms with E-state index >= 15 is 0 Å². The lowest BCUT2D eigenvalue weighted by Gasteiger charge is -2.29. The van der Waals surface area contributed by atoms with Gasteiger partial charge < -0.3 is 4.90 Å². The Morgan fingerprint density at radius 2 is 2.12 bits per heavy atom. The average molecular weight is 256 g/mol. The predicted octanol–water partition coefficient (Wildman–Crippen LogP) is 4.33. The van der Waals surface area contributed by atoms with Crippen LogP contribution in [0.1, 0.15) is 38.2 Å². The molecule has 0 spiro atoms. The van der Waals surface area contributed by atoms with E-state index in [0.29, 0.717) is 11.9 Å². The van der Waals surface area contributed by atoms with Gasteiger partial charge in [0, 0.05) is 24.2 Å². The zero-order chi connectivity index (χ0) is 12.3. The first-order valence-electron chi connectivity index (χ1n) is 6.33.